The first-order valence-corrected chi connectivity index (χ1v) is 10.4. The van der Waals surface area contributed by atoms with Gasteiger partial charge in [0.1, 0.15) is 12.2 Å². The lowest BCUT2D eigenvalue weighted by Crippen LogP contribution is -2.59. The number of ether oxygens (including phenoxy) is 3. The fraction of sp³-hybridized carbons (Fsp3) is 0.400. The summed E-state index contributed by atoms with van der Waals surface area (Å²) in [5.41, 5.74) is 2.16. The van der Waals surface area contributed by atoms with E-state index < -0.39 is 12.2 Å². The fourth-order valence-electron chi connectivity index (χ4n) is 4.34. The highest BCUT2D eigenvalue weighted by atomic mass is 16.6. The third kappa shape index (κ3) is 4.67. The van der Waals surface area contributed by atoms with Gasteiger partial charge in [0.15, 0.2) is 5.78 Å². The topological polar surface area (TPSA) is 44.8 Å². The van der Waals surface area contributed by atoms with Crippen LogP contribution >= 0.6 is 0 Å². The van der Waals surface area contributed by atoms with Crippen molar-refractivity contribution < 1.29 is 19.0 Å². The number of rotatable bonds is 8. The van der Waals surface area contributed by atoms with Gasteiger partial charge in [0.25, 0.3) is 0 Å². The maximum Gasteiger partial charge on any atom is 0.193 e. The summed E-state index contributed by atoms with van der Waals surface area (Å²) in [6, 6.07) is 20.0. The molecule has 2 heterocycles. The molecule has 4 rings (SSSR count). The number of hydrogen-bond donors (Lipinski definition) is 0. The highest BCUT2D eigenvalue weighted by Crippen LogP contribution is 2.38. The van der Waals surface area contributed by atoms with Gasteiger partial charge < -0.3 is 14.2 Å². The van der Waals surface area contributed by atoms with Crippen LogP contribution in [0.4, 0.5) is 0 Å². The normalized spacial score (nSPS) is 28.8. The molecule has 152 valence electrons. The molecule has 2 aliphatic rings. The molecule has 4 heteroatoms. The second-order valence-corrected chi connectivity index (χ2v) is 7.82. The molecule has 0 amide bonds. The van der Waals surface area contributed by atoms with E-state index in [1.54, 1.807) is 0 Å². The second-order valence-electron chi connectivity index (χ2n) is 7.82. The van der Waals surface area contributed by atoms with Gasteiger partial charge in [0.2, 0.25) is 0 Å². The number of fused-ring (bicyclic) bond motifs is 2. The summed E-state index contributed by atoms with van der Waals surface area (Å²) in [5, 5.41) is 0. The van der Waals surface area contributed by atoms with Gasteiger partial charge in [0.05, 0.1) is 25.4 Å². The van der Waals surface area contributed by atoms with Gasteiger partial charge in [-0.3, -0.25) is 4.79 Å². The van der Waals surface area contributed by atoms with Crippen LogP contribution in [0.25, 0.3) is 0 Å². The fourth-order valence-corrected chi connectivity index (χ4v) is 4.34. The SMILES string of the molecule is C=CC[C@H]1[C@H]2CC[C@@H](OCc3ccccc3)[C@H](O2)C(=O)[C@@H]1OCc1ccccc1. The van der Waals surface area contributed by atoms with E-state index in [4.69, 9.17) is 14.2 Å². The minimum Gasteiger partial charge on any atom is -0.370 e. The predicted octanol–water partition coefficient (Wildman–Crippen LogP) is 4.48. The van der Waals surface area contributed by atoms with Crippen molar-refractivity contribution in [2.45, 2.75) is 56.9 Å². The molecule has 0 spiro atoms. The summed E-state index contributed by atoms with van der Waals surface area (Å²) in [7, 11) is 0. The van der Waals surface area contributed by atoms with Crippen LogP contribution in [0.5, 0.6) is 0 Å². The van der Waals surface area contributed by atoms with Crippen LogP contribution in [-0.2, 0) is 32.2 Å². The first kappa shape index (κ1) is 20.0. The highest BCUT2D eigenvalue weighted by Gasteiger charge is 2.50. The van der Waals surface area contributed by atoms with Crippen LogP contribution in [0.1, 0.15) is 30.4 Å². The predicted molar refractivity (Wildman–Crippen MR) is 111 cm³/mol. The molecule has 2 aliphatic heterocycles. The lowest BCUT2D eigenvalue weighted by molar-refractivity contribution is -0.213. The minimum absolute atomic E-state index is 0.00166. The molecule has 0 radical (unpaired) electrons. The summed E-state index contributed by atoms with van der Waals surface area (Å²) >= 11 is 0. The van der Waals surface area contributed by atoms with Crippen molar-refractivity contribution in [2.75, 3.05) is 0 Å². The minimum atomic E-state index is -0.556. The van der Waals surface area contributed by atoms with E-state index in [0.29, 0.717) is 19.6 Å². The Hall–Kier alpha value is -2.27. The Bertz CT molecular complexity index is 804. The Kier molecular flexibility index (Phi) is 6.55. The molecule has 0 unspecified atom stereocenters. The van der Waals surface area contributed by atoms with Gasteiger partial charge in [-0.2, -0.15) is 0 Å². The summed E-state index contributed by atoms with van der Waals surface area (Å²) in [6.07, 6.45) is 3.00. The molecule has 5 atom stereocenters. The van der Waals surface area contributed by atoms with Gasteiger partial charge >= 0.3 is 0 Å². The summed E-state index contributed by atoms with van der Waals surface area (Å²) < 4.78 is 18.5. The van der Waals surface area contributed by atoms with Crippen LogP contribution in [0.2, 0.25) is 0 Å². The molecule has 2 aromatic carbocycles. The average Bonchev–Trinajstić information content (AvgIpc) is 2.77. The first-order chi connectivity index (χ1) is 14.3. The third-order valence-corrected chi connectivity index (χ3v) is 5.84. The van der Waals surface area contributed by atoms with Gasteiger partial charge in [0, 0.05) is 5.92 Å². The molecule has 29 heavy (non-hydrogen) atoms. The van der Waals surface area contributed by atoms with Crippen LogP contribution < -0.4 is 0 Å². The highest BCUT2D eigenvalue weighted by molar-refractivity contribution is 5.89. The molecule has 2 bridgehead atoms. The van der Waals surface area contributed by atoms with Gasteiger partial charge in [-0.1, -0.05) is 66.7 Å². The van der Waals surface area contributed by atoms with Crippen molar-refractivity contribution in [2.24, 2.45) is 5.92 Å². The van der Waals surface area contributed by atoms with Crippen molar-refractivity contribution in [1.82, 2.24) is 0 Å². The van der Waals surface area contributed by atoms with Gasteiger partial charge in [-0.15, -0.1) is 6.58 Å². The molecule has 4 nitrogen and oxygen atoms in total. The Labute approximate surface area is 172 Å². The van der Waals surface area contributed by atoms with Crippen molar-refractivity contribution in [3.63, 3.8) is 0 Å². The first-order valence-electron chi connectivity index (χ1n) is 10.4. The zero-order valence-electron chi connectivity index (χ0n) is 16.6. The quantitative estimate of drug-likeness (QED) is 0.622. The molecule has 2 fully saturated rings. The zero-order valence-corrected chi connectivity index (χ0v) is 16.6. The van der Waals surface area contributed by atoms with Crippen molar-refractivity contribution >= 4 is 5.78 Å². The van der Waals surface area contributed by atoms with E-state index >= 15 is 0 Å². The van der Waals surface area contributed by atoms with E-state index in [9.17, 15) is 4.79 Å². The second kappa shape index (κ2) is 9.49. The Morgan fingerprint density at radius 1 is 0.931 bits per heavy atom. The van der Waals surface area contributed by atoms with Crippen molar-refractivity contribution in [3.8, 4) is 0 Å². The van der Waals surface area contributed by atoms with Gasteiger partial charge in [-0.05, 0) is 30.4 Å². The van der Waals surface area contributed by atoms with Crippen LogP contribution in [0.15, 0.2) is 73.3 Å². The van der Waals surface area contributed by atoms with Crippen molar-refractivity contribution in [3.05, 3.63) is 84.4 Å². The average molecular weight is 392 g/mol. The third-order valence-electron chi connectivity index (χ3n) is 5.84. The summed E-state index contributed by atoms with van der Waals surface area (Å²) in [6.45, 7) is 4.77. The molecule has 0 aromatic heterocycles. The largest absolute Gasteiger partial charge is 0.370 e. The lowest BCUT2D eigenvalue weighted by Gasteiger charge is -2.46. The number of benzene rings is 2. The summed E-state index contributed by atoms with van der Waals surface area (Å²) in [5.74, 6) is 0.0110. The number of carbonyl (C=O) groups excluding carboxylic acids is 1. The molecular formula is C25H28O4. The Morgan fingerprint density at radius 3 is 2.17 bits per heavy atom. The van der Waals surface area contributed by atoms with E-state index in [0.717, 1.165) is 24.0 Å². The molecule has 0 saturated carbocycles. The smallest absolute Gasteiger partial charge is 0.193 e. The maximum absolute atomic E-state index is 13.3. The van der Waals surface area contributed by atoms with Crippen LogP contribution in [-0.4, -0.2) is 30.2 Å². The van der Waals surface area contributed by atoms with E-state index in [-0.39, 0.29) is 23.9 Å². The molecule has 0 aliphatic carbocycles. The lowest BCUT2D eigenvalue weighted by atomic mass is 9.78. The Morgan fingerprint density at radius 2 is 1.55 bits per heavy atom. The van der Waals surface area contributed by atoms with Crippen LogP contribution in [0.3, 0.4) is 0 Å². The number of Topliss-reactive ketones (excluding diaryl/α,β-unsaturated/α-hetero) is 1. The van der Waals surface area contributed by atoms with E-state index in [1.165, 1.54) is 0 Å². The molecule has 0 N–H and O–H groups in total. The maximum atomic E-state index is 13.3. The van der Waals surface area contributed by atoms with Crippen LogP contribution in [0, 0.1) is 5.92 Å². The van der Waals surface area contributed by atoms with E-state index in [2.05, 4.69) is 6.58 Å². The number of allylic oxidation sites excluding steroid dienone is 1. The standard InChI is InChI=1S/C25H28O4/c1-2-9-20-21-14-15-22(27-16-18-10-5-3-6-11-18)25(29-21)23(26)24(20)28-17-19-12-7-4-8-13-19/h2-8,10-13,20-22,24-25H,1,9,14-17H2/t20-,21+,22+,24+,25-/m0/s1. The Balaban J connectivity index is 1.45. The number of carbonyl (C=O) groups is 1. The summed E-state index contributed by atoms with van der Waals surface area (Å²) in [4.78, 5) is 13.3. The number of ketones is 1. The molecular weight excluding hydrogens is 364 g/mol. The molecule has 2 aromatic rings. The zero-order chi connectivity index (χ0) is 20.1. The van der Waals surface area contributed by atoms with Gasteiger partial charge in [-0.25, -0.2) is 0 Å². The van der Waals surface area contributed by atoms with E-state index in [1.807, 2.05) is 66.7 Å². The number of hydrogen-bond acceptors (Lipinski definition) is 4. The van der Waals surface area contributed by atoms with Crippen molar-refractivity contribution in [1.29, 1.82) is 0 Å². The monoisotopic (exact) mass is 392 g/mol. The molecule has 2 saturated heterocycles.